The third kappa shape index (κ3) is 5.97. The number of benzene rings is 2. The molecule has 2 aromatic rings. The van der Waals surface area contributed by atoms with Crippen LogP contribution in [-0.2, 0) is 16.0 Å². The molecule has 1 heterocycles. The van der Waals surface area contributed by atoms with Crippen molar-refractivity contribution in [2.24, 2.45) is 0 Å². The van der Waals surface area contributed by atoms with E-state index < -0.39 is 31.7 Å². The van der Waals surface area contributed by atoms with E-state index in [1.807, 2.05) is 19.1 Å². The number of hydrogen-bond donors (Lipinski definition) is 1. The van der Waals surface area contributed by atoms with E-state index in [0.29, 0.717) is 36.0 Å². The van der Waals surface area contributed by atoms with Crippen molar-refractivity contribution in [3.05, 3.63) is 53.3 Å². The number of carbonyl (C=O) groups is 2. The highest BCUT2D eigenvalue weighted by Crippen LogP contribution is 2.34. The average molecular weight is 487 g/mol. The second-order valence-electron chi connectivity index (χ2n) is 10.6. The lowest BCUT2D eigenvalue weighted by Crippen LogP contribution is -2.47. The van der Waals surface area contributed by atoms with Crippen molar-refractivity contribution in [3.63, 3.8) is 0 Å². The van der Waals surface area contributed by atoms with E-state index in [1.165, 1.54) is 11.0 Å². The molecular weight excluding hydrogens is 451 g/mol. The Labute approximate surface area is 202 Å². The van der Waals surface area contributed by atoms with Crippen molar-refractivity contribution in [2.45, 2.75) is 65.4 Å². The van der Waals surface area contributed by atoms with Gasteiger partial charge in [0.2, 0.25) is 0 Å². The summed E-state index contributed by atoms with van der Waals surface area (Å²) >= 11 is 0. The van der Waals surface area contributed by atoms with Crippen LogP contribution in [0.25, 0.3) is 0 Å². The Kier molecular flexibility index (Phi) is 7.40. The Bertz CT molecular complexity index is 1080. The van der Waals surface area contributed by atoms with Crippen molar-refractivity contribution >= 4 is 30.9 Å². The summed E-state index contributed by atoms with van der Waals surface area (Å²) in [7, 11) is -1.85. The molecule has 0 spiro atoms. The molecule has 2 amide bonds. The largest absolute Gasteiger partial charge is 0.494 e. The van der Waals surface area contributed by atoms with Crippen molar-refractivity contribution in [2.75, 3.05) is 18.5 Å². The molecule has 0 saturated carbocycles. The first-order chi connectivity index (χ1) is 15.8. The predicted molar refractivity (Wildman–Crippen MR) is 135 cm³/mol. The standard InChI is InChI=1S/C26H35FN2O4Si/c1-8-32-19-10-11-20-17(15-19)13-14-29(25(31)33-26(2,3)4)23(20)24(30)28-18-9-12-22(21(27)16-18)34(5,6)7/h9-12,15-16,23H,8,13-14H2,1-7H3,(H,28,30). The fourth-order valence-corrected chi connectivity index (χ4v) is 5.44. The van der Waals surface area contributed by atoms with E-state index in [9.17, 15) is 14.0 Å². The number of nitrogens with one attached hydrogen (secondary N) is 1. The first-order valence-electron chi connectivity index (χ1n) is 11.7. The second kappa shape index (κ2) is 9.78. The van der Waals surface area contributed by atoms with Crippen LogP contribution in [0.4, 0.5) is 14.9 Å². The maximum Gasteiger partial charge on any atom is 0.411 e. The summed E-state index contributed by atoms with van der Waals surface area (Å²) in [4.78, 5) is 28.0. The Hall–Kier alpha value is -2.87. The molecule has 1 aliphatic heterocycles. The molecule has 0 fully saturated rings. The van der Waals surface area contributed by atoms with Gasteiger partial charge in [-0.3, -0.25) is 9.69 Å². The highest BCUT2D eigenvalue weighted by Gasteiger charge is 2.38. The van der Waals surface area contributed by atoms with Crippen molar-refractivity contribution in [1.82, 2.24) is 4.90 Å². The number of fused-ring (bicyclic) bond motifs is 1. The lowest BCUT2D eigenvalue weighted by Gasteiger charge is -2.37. The topological polar surface area (TPSA) is 67.9 Å². The minimum atomic E-state index is -1.85. The molecule has 2 aromatic carbocycles. The molecule has 184 valence electrons. The normalized spacial score (nSPS) is 16.0. The highest BCUT2D eigenvalue weighted by atomic mass is 28.3. The minimum absolute atomic E-state index is 0.318. The van der Waals surface area contributed by atoms with Crippen LogP contribution in [-0.4, -0.2) is 43.7 Å². The third-order valence-electron chi connectivity index (χ3n) is 5.57. The quantitative estimate of drug-likeness (QED) is 0.587. The van der Waals surface area contributed by atoms with Gasteiger partial charge in [0.25, 0.3) is 5.91 Å². The zero-order valence-electron chi connectivity index (χ0n) is 21.1. The molecule has 3 rings (SSSR count). The van der Waals surface area contributed by atoms with Crippen molar-refractivity contribution in [3.8, 4) is 5.75 Å². The van der Waals surface area contributed by atoms with Gasteiger partial charge in [-0.2, -0.15) is 0 Å². The SMILES string of the molecule is CCOc1ccc2c(c1)CCN(C(=O)OC(C)(C)C)C2C(=O)Nc1ccc([Si](C)(C)C)c(F)c1. The zero-order valence-corrected chi connectivity index (χ0v) is 22.1. The van der Waals surface area contributed by atoms with Gasteiger partial charge in [-0.1, -0.05) is 31.8 Å². The molecule has 0 aliphatic carbocycles. The van der Waals surface area contributed by atoms with Gasteiger partial charge < -0.3 is 14.8 Å². The predicted octanol–water partition coefficient (Wildman–Crippen LogP) is 5.24. The van der Waals surface area contributed by atoms with E-state index >= 15 is 0 Å². The summed E-state index contributed by atoms with van der Waals surface area (Å²) in [5.41, 5.74) is 1.29. The minimum Gasteiger partial charge on any atom is -0.494 e. The number of amides is 2. The van der Waals surface area contributed by atoms with E-state index in [4.69, 9.17) is 9.47 Å². The lowest BCUT2D eigenvalue weighted by atomic mass is 9.92. The zero-order chi connectivity index (χ0) is 25.3. The molecule has 8 heteroatoms. The van der Waals surface area contributed by atoms with Crippen LogP contribution in [0, 0.1) is 5.82 Å². The number of ether oxygens (including phenoxy) is 2. The number of carbonyl (C=O) groups excluding carboxylic acids is 2. The van der Waals surface area contributed by atoms with Gasteiger partial charge in [0.1, 0.15) is 23.2 Å². The summed E-state index contributed by atoms with van der Waals surface area (Å²) in [5, 5.41) is 3.52. The first-order valence-corrected chi connectivity index (χ1v) is 15.2. The summed E-state index contributed by atoms with van der Waals surface area (Å²) < 4.78 is 26.0. The van der Waals surface area contributed by atoms with Gasteiger partial charge in [0.15, 0.2) is 0 Å². The lowest BCUT2D eigenvalue weighted by molar-refractivity contribution is -0.121. The molecule has 1 N–H and O–H groups in total. The fraction of sp³-hybridized carbons (Fsp3) is 0.462. The molecule has 1 unspecified atom stereocenters. The number of nitrogens with zero attached hydrogens (tertiary/aromatic N) is 1. The van der Waals surface area contributed by atoms with Crippen LogP contribution in [0.5, 0.6) is 5.75 Å². The summed E-state index contributed by atoms with van der Waals surface area (Å²) in [6.45, 7) is 14.3. The Morgan fingerprint density at radius 3 is 2.44 bits per heavy atom. The van der Waals surface area contributed by atoms with Crippen LogP contribution < -0.4 is 15.2 Å². The molecule has 1 atom stereocenters. The average Bonchev–Trinajstić information content (AvgIpc) is 2.70. The van der Waals surface area contributed by atoms with E-state index in [1.54, 1.807) is 39.0 Å². The van der Waals surface area contributed by atoms with Crippen LogP contribution in [0.3, 0.4) is 0 Å². The fourth-order valence-electron chi connectivity index (χ4n) is 4.07. The molecule has 6 nitrogen and oxygen atoms in total. The van der Waals surface area contributed by atoms with E-state index in [0.717, 1.165) is 11.3 Å². The maximum atomic E-state index is 14.8. The van der Waals surface area contributed by atoms with Crippen LogP contribution in [0.1, 0.15) is 44.9 Å². The Balaban J connectivity index is 1.95. The highest BCUT2D eigenvalue weighted by molar-refractivity contribution is 6.88. The number of anilines is 1. The van der Waals surface area contributed by atoms with Crippen LogP contribution in [0.15, 0.2) is 36.4 Å². The summed E-state index contributed by atoms with van der Waals surface area (Å²) in [6.07, 6.45) is 0.00571. The number of rotatable bonds is 5. The molecule has 34 heavy (non-hydrogen) atoms. The maximum absolute atomic E-state index is 14.8. The van der Waals surface area contributed by atoms with Gasteiger partial charge in [-0.25, -0.2) is 9.18 Å². The van der Waals surface area contributed by atoms with Crippen molar-refractivity contribution < 1.29 is 23.5 Å². The van der Waals surface area contributed by atoms with Crippen LogP contribution >= 0.6 is 0 Å². The van der Waals surface area contributed by atoms with Gasteiger partial charge >= 0.3 is 6.09 Å². The molecule has 0 aromatic heterocycles. The van der Waals surface area contributed by atoms with Crippen molar-refractivity contribution in [1.29, 1.82) is 0 Å². The summed E-state index contributed by atoms with van der Waals surface area (Å²) in [6, 6.07) is 9.42. The van der Waals surface area contributed by atoms with Gasteiger partial charge in [-0.05, 0) is 74.7 Å². The van der Waals surface area contributed by atoms with Gasteiger partial charge in [0, 0.05) is 12.2 Å². The summed E-state index contributed by atoms with van der Waals surface area (Å²) in [5.74, 6) is -0.0300. The van der Waals surface area contributed by atoms with E-state index in [2.05, 4.69) is 25.0 Å². The number of hydrogen-bond acceptors (Lipinski definition) is 4. The molecular formula is C26H35FN2O4Si. The van der Waals surface area contributed by atoms with Crippen LogP contribution in [0.2, 0.25) is 19.6 Å². The first kappa shape index (κ1) is 25.7. The molecule has 0 radical (unpaired) electrons. The molecule has 1 aliphatic rings. The second-order valence-corrected chi connectivity index (χ2v) is 15.6. The Morgan fingerprint density at radius 1 is 1.15 bits per heavy atom. The van der Waals surface area contributed by atoms with E-state index in [-0.39, 0.29) is 5.82 Å². The molecule has 0 saturated heterocycles. The molecule has 0 bridgehead atoms. The monoisotopic (exact) mass is 486 g/mol. The van der Waals surface area contributed by atoms with Gasteiger partial charge in [0.05, 0.1) is 14.7 Å². The number of halogens is 1. The third-order valence-corrected chi connectivity index (χ3v) is 7.60. The smallest absolute Gasteiger partial charge is 0.411 e. The van der Waals surface area contributed by atoms with Gasteiger partial charge in [-0.15, -0.1) is 0 Å². The Morgan fingerprint density at radius 2 is 1.85 bits per heavy atom.